The van der Waals surface area contributed by atoms with Crippen molar-refractivity contribution in [2.75, 3.05) is 6.54 Å². The SMILES string of the molecule is OC1CCCC1CNCc1cc(Br)ccc1Cl. The Hall–Kier alpha value is -0.0900. The summed E-state index contributed by atoms with van der Waals surface area (Å²) in [6.45, 7) is 1.62. The van der Waals surface area contributed by atoms with Crippen molar-refractivity contribution in [3.8, 4) is 0 Å². The molecule has 1 aliphatic rings. The van der Waals surface area contributed by atoms with E-state index in [1.807, 2.05) is 18.2 Å². The number of aliphatic hydroxyl groups excluding tert-OH is 1. The molecule has 2 N–H and O–H groups in total. The van der Waals surface area contributed by atoms with Crippen molar-refractivity contribution in [2.24, 2.45) is 5.92 Å². The zero-order valence-electron chi connectivity index (χ0n) is 9.63. The van der Waals surface area contributed by atoms with Crippen LogP contribution in [0.4, 0.5) is 0 Å². The van der Waals surface area contributed by atoms with Crippen molar-refractivity contribution in [2.45, 2.75) is 31.9 Å². The Morgan fingerprint density at radius 1 is 1.41 bits per heavy atom. The van der Waals surface area contributed by atoms with Gasteiger partial charge in [0.2, 0.25) is 0 Å². The van der Waals surface area contributed by atoms with Gasteiger partial charge in [-0.25, -0.2) is 0 Å². The topological polar surface area (TPSA) is 32.3 Å². The number of aliphatic hydroxyl groups is 1. The van der Waals surface area contributed by atoms with Crippen LogP contribution < -0.4 is 5.32 Å². The summed E-state index contributed by atoms with van der Waals surface area (Å²) in [5.74, 6) is 0.404. The van der Waals surface area contributed by atoms with Gasteiger partial charge >= 0.3 is 0 Å². The fraction of sp³-hybridized carbons (Fsp3) is 0.538. The summed E-state index contributed by atoms with van der Waals surface area (Å²) in [7, 11) is 0. The van der Waals surface area contributed by atoms with E-state index in [1.54, 1.807) is 0 Å². The predicted molar refractivity (Wildman–Crippen MR) is 74.2 cm³/mol. The Kier molecular flexibility index (Phi) is 4.86. The molecule has 0 saturated heterocycles. The minimum atomic E-state index is -0.125. The van der Waals surface area contributed by atoms with E-state index in [9.17, 15) is 5.11 Å². The molecule has 2 nitrogen and oxygen atoms in total. The molecule has 0 aliphatic heterocycles. The van der Waals surface area contributed by atoms with Crippen molar-refractivity contribution < 1.29 is 5.11 Å². The molecule has 2 rings (SSSR count). The number of nitrogens with one attached hydrogen (secondary N) is 1. The maximum absolute atomic E-state index is 9.71. The van der Waals surface area contributed by atoms with Gasteiger partial charge < -0.3 is 10.4 Å². The van der Waals surface area contributed by atoms with E-state index in [0.29, 0.717) is 5.92 Å². The Morgan fingerprint density at radius 3 is 2.94 bits per heavy atom. The quantitative estimate of drug-likeness (QED) is 0.892. The van der Waals surface area contributed by atoms with Gasteiger partial charge in [0.25, 0.3) is 0 Å². The van der Waals surface area contributed by atoms with Gasteiger partial charge in [0.05, 0.1) is 6.10 Å². The van der Waals surface area contributed by atoms with Crippen LogP contribution in [0.1, 0.15) is 24.8 Å². The van der Waals surface area contributed by atoms with Crippen LogP contribution >= 0.6 is 27.5 Å². The van der Waals surface area contributed by atoms with Crippen LogP contribution in [-0.2, 0) is 6.54 Å². The molecule has 17 heavy (non-hydrogen) atoms. The zero-order valence-corrected chi connectivity index (χ0v) is 12.0. The molecule has 1 aromatic rings. The summed E-state index contributed by atoms with van der Waals surface area (Å²) in [6, 6.07) is 5.86. The molecule has 0 radical (unpaired) electrons. The van der Waals surface area contributed by atoms with Gasteiger partial charge in [0.15, 0.2) is 0 Å². The van der Waals surface area contributed by atoms with Gasteiger partial charge in [-0.3, -0.25) is 0 Å². The Balaban J connectivity index is 1.83. The molecule has 0 heterocycles. The second-order valence-electron chi connectivity index (χ2n) is 4.62. The van der Waals surface area contributed by atoms with Crippen LogP contribution in [0.2, 0.25) is 5.02 Å². The van der Waals surface area contributed by atoms with E-state index >= 15 is 0 Å². The standard InChI is InChI=1S/C13H17BrClNO/c14-11-4-5-12(15)10(6-11)8-16-7-9-2-1-3-13(9)17/h4-6,9,13,16-17H,1-3,7-8H2. The highest BCUT2D eigenvalue weighted by Gasteiger charge is 2.24. The van der Waals surface area contributed by atoms with Gasteiger partial charge in [0.1, 0.15) is 0 Å². The van der Waals surface area contributed by atoms with Crippen LogP contribution in [0.3, 0.4) is 0 Å². The van der Waals surface area contributed by atoms with Gasteiger partial charge in [0, 0.05) is 22.6 Å². The van der Waals surface area contributed by atoms with Crippen LogP contribution in [0.5, 0.6) is 0 Å². The molecule has 0 amide bonds. The van der Waals surface area contributed by atoms with Crippen molar-refractivity contribution in [3.05, 3.63) is 33.3 Å². The van der Waals surface area contributed by atoms with E-state index in [0.717, 1.165) is 47.4 Å². The summed E-state index contributed by atoms with van der Waals surface area (Å²) in [6.07, 6.45) is 3.09. The van der Waals surface area contributed by atoms with Crippen LogP contribution in [-0.4, -0.2) is 17.8 Å². The monoisotopic (exact) mass is 317 g/mol. The number of halogens is 2. The lowest BCUT2D eigenvalue weighted by atomic mass is 10.1. The molecule has 1 aliphatic carbocycles. The summed E-state index contributed by atoms with van der Waals surface area (Å²) in [5.41, 5.74) is 1.09. The summed E-state index contributed by atoms with van der Waals surface area (Å²) in [5, 5.41) is 13.9. The van der Waals surface area contributed by atoms with Gasteiger partial charge in [-0.15, -0.1) is 0 Å². The molecular weight excluding hydrogens is 302 g/mol. The average molecular weight is 319 g/mol. The predicted octanol–water partition coefficient (Wildman–Crippen LogP) is 3.35. The number of benzene rings is 1. The van der Waals surface area contributed by atoms with Crippen molar-refractivity contribution in [1.82, 2.24) is 5.32 Å². The van der Waals surface area contributed by atoms with Crippen molar-refractivity contribution in [1.29, 1.82) is 0 Å². The van der Waals surface area contributed by atoms with E-state index in [-0.39, 0.29) is 6.10 Å². The first-order chi connectivity index (χ1) is 8.16. The van der Waals surface area contributed by atoms with Crippen LogP contribution in [0, 0.1) is 5.92 Å². The van der Waals surface area contributed by atoms with Crippen molar-refractivity contribution >= 4 is 27.5 Å². The lowest BCUT2D eigenvalue weighted by Crippen LogP contribution is -2.27. The Labute approximate surface area is 115 Å². The van der Waals surface area contributed by atoms with Crippen LogP contribution in [0.15, 0.2) is 22.7 Å². The third kappa shape index (κ3) is 3.68. The second kappa shape index (κ2) is 6.19. The van der Waals surface area contributed by atoms with E-state index in [1.165, 1.54) is 0 Å². The molecule has 2 unspecified atom stereocenters. The Morgan fingerprint density at radius 2 is 2.24 bits per heavy atom. The van der Waals surface area contributed by atoms with E-state index in [2.05, 4.69) is 21.2 Å². The van der Waals surface area contributed by atoms with E-state index < -0.39 is 0 Å². The Bertz CT molecular complexity index is 386. The minimum Gasteiger partial charge on any atom is -0.393 e. The smallest absolute Gasteiger partial charge is 0.0580 e. The third-order valence-electron chi connectivity index (χ3n) is 3.35. The summed E-state index contributed by atoms with van der Waals surface area (Å²) >= 11 is 9.55. The number of rotatable bonds is 4. The lowest BCUT2D eigenvalue weighted by Gasteiger charge is -2.15. The zero-order chi connectivity index (χ0) is 12.3. The fourth-order valence-corrected chi connectivity index (χ4v) is 2.92. The molecule has 0 bridgehead atoms. The second-order valence-corrected chi connectivity index (χ2v) is 5.95. The highest BCUT2D eigenvalue weighted by atomic mass is 79.9. The number of hydrogen-bond donors (Lipinski definition) is 2. The molecule has 94 valence electrons. The maximum Gasteiger partial charge on any atom is 0.0580 e. The molecule has 0 spiro atoms. The van der Waals surface area contributed by atoms with Crippen LogP contribution in [0.25, 0.3) is 0 Å². The largest absolute Gasteiger partial charge is 0.393 e. The molecule has 4 heteroatoms. The molecule has 1 aromatic carbocycles. The molecular formula is C13H17BrClNO. The average Bonchev–Trinajstić information content (AvgIpc) is 2.70. The first-order valence-electron chi connectivity index (χ1n) is 5.99. The van der Waals surface area contributed by atoms with E-state index in [4.69, 9.17) is 11.6 Å². The first-order valence-corrected chi connectivity index (χ1v) is 7.16. The molecule has 1 saturated carbocycles. The molecule has 1 fully saturated rings. The summed E-state index contributed by atoms with van der Waals surface area (Å²) < 4.78 is 1.04. The van der Waals surface area contributed by atoms with Gasteiger partial charge in [-0.1, -0.05) is 34.0 Å². The lowest BCUT2D eigenvalue weighted by molar-refractivity contribution is 0.131. The molecule has 2 atom stereocenters. The maximum atomic E-state index is 9.71. The van der Waals surface area contributed by atoms with Gasteiger partial charge in [-0.2, -0.15) is 0 Å². The third-order valence-corrected chi connectivity index (χ3v) is 4.21. The first kappa shape index (κ1) is 13.3. The highest BCUT2D eigenvalue weighted by molar-refractivity contribution is 9.10. The number of hydrogen-bond acceptors (Lipinski definition) is 2. The highest BCUT2D eigenvalue weighted by Crippen LogP contribution is 2.25. The van der Waals surface area contributed by atoms with Crippen molar-refractivity contribution in [3.63, 3.8) is 0 Å². The fourth-order valence-electron chi connectivity index (χ4n) is 2.33. The van der Waals surface area contributed by atoms with Gasteiger partial charge in [-0.05, 0) is 42.5 Å². The minimum absolute atomic E-state index is 0.125. The molecule has 0 aromatic heterocycles. The summed E-state index contributed by atoms with van der Waals surface area (Å²) in [4.78, 5) is 0. The normalized spacial score (nSPS) is 24.2.